The van der Waals surface area contributed by atoms with Crippen LogP contribution in [0.4, 0.5) is 5.82 Å². The van der Waals surface area contributed by atoms with Crippen LogP contribution in [0, 0.1) is 0 Å². The fourth-order valence-corrected chi connectivity index (χ4v) is 1.99. The highest BCUT2D eigenvalue weighted by Crippen LogP contribution is 2.21. The molecule has 0 saturated heterocycles. The zero-order valence-electron chi connectivity index (χ0n) is 11.7. The number of amides is 1. The third kappa shape index (κ3) is 3.81. The van der Waals surface area contributed by atoms with Gasteiger partial charge >= 0.3 is 0 Å². The van der Waals surface area contributed by atoms with Crippen LogP contribution in [0.25, 0.3) is 10.9 Å². The van der Waals surface area contributed by atoms with E-state index in [1.54, 1.807) is 0 Å². The molecule has 5 nitrogen and oxygen atoms in total. The molecule has 1 aromatic carbocycles. The summed E-state index contributed by atoms with van der Waals surface area (Å²) < 4.78 is 0. The van der Waals surface area contributed by atoms with Crippen molar-refractivity contribution in [3.05, 3.63) is 29.5 Å². The van der Waals surface area contributed by atoms with E-state index >= 15 is 0 Å². The largest absolute Gasteiger partial charge is 0.360 e. The molecule has 0 aliphatic carbocycles. The summed E-state index contributed by atoms with van der Waals surface area (Å²) in [5.41, 5.74) is 0.482. The standard InChI is InChI=1S/C14H17ClN4O/c1-14(2,3)19-11(20)8-16-12-9-6-4-5-7-10(9)17-13(15)18-12/h4-7H,8H2,1-3H3,(H,19,20)(H,16,17,18). The van der Waals surface area contributed by atoms with E-state index in [0.717, 1.165) is 10.9 Å². The molecule has 0 spiro atoms. The minimum Gasteiger partial charge on any atom is -0.360 e. The van der Waals surface area contributed by atoms with Gasteiger partial charge in [-0.25, -0.2) is 9.97 Å². The Morgan fingerprint density at radius 1 is 1.25 bits per heavy atom. The Labute approximate surface area is 122 Å². The molecule has 0 bridgehead atoms. The van der Waals surface area contributed by atoms with Crippen LogP contribution in [-0.2, 0) is 4.79 Å². The van der Waals surface area contributed by atoms with Crippen LogP contribution in [0.1, 0.15) is 20.8 Å². The van der Waals surface area contributed by atoms with Crippen molar-refractivity contribution < 1.29 is 4.79 Å². The highest BCUT2D eigenvalue weighted by atomic mass is 35.5. The number of aromatic nitrogens is 2. The van der Waals surface area contributed by atoms with Crippen molar-refractivity contribution in [1.82, 2.24) is 15.3 Å². The van der Waals surface area contributed by atoms with E-state index in [0.29, 0.717) is 5.82 Å². The van der Waals surface area contributed by atoms with E-state index in [4.69, 9.17) is 11.6 Å². The van der Waals surface area contributed by atoms with Crippen LogP contribution >= 0.6 is 11.6 Å². The predicted molar refractivity (Wildman–Crippen MR) is 80.9 cm³/mol. The average Bonchev–Trinajstić information content (AvgIpc) is 2.33. The van der Waals surface area contributed by atoms with Gasteiger partial charge < -0.3 is 10.6 Å². The van der Waals surface area contributed by atoms with Crippen molar-refractivity contribution in [2.75, 3.05) is 11.9 Å². The Balaban J connectivity index is 2.16. The number of rotatable bonds is 3. The lowest BCUT2D eigenvalue weighted by atomic mass is 10.1. The Kier molecular flexibility index (Phi) is 4.09. The maximum Gasteiger partial charge on any atom is 0.239 e. The molecule has 1 heterocycles. The second-order valence-electron chi connectivity index (χ2n) is 5.51. The fourth-order valence-electron chi connectivity index (χ4n) is 1.81. The van der Waals surface area contributed by atoms with Crippen molar-refractivity contribution in [3.8, 4) is 0 Å². The SMILES string of the molecule is CC(C)(C)NC(=O)CNc1nc(Cl)nc2ccccc12. The van der Waals surface area contributed by atoms with Crippen LogP contribution in [0.2, 0.25) is 5.28 Å². The first-order valence-corrected chi connectivity index (χ1v) is 6.70. The number of para-hydroxylation sites is 1. The van der Waals surface area contributed by atoms with E-state index in [9.17, 15) is 4.79 Å². The van der Waals surface area contributed by atoms with Gasteiger partial charge in [-0.05, 0) is 44.5 Å². The van der Waals surface area contributed by atoms with Crippen LogP contribution < -0.4 is 10.6 Å². The van der Waals surface area contributed by atoms with Crippen LogP contribution in [0.5, 0.6) is 0 Å². The Bertz CT molecular complexity index is 637. The van der Waals surface area contributed by atoms with Gasteiger partial charge in [-0.3, -0.25) is 4.79 Å². The maximum atomic E-state index is 11.8. The number of fused-ring (bicyclic) bond motifs is 1. The second-order valence-corrected chi connectivity index (χ2v) is 5.85. The van der Waals surface area contributed by atoms with Gasteiger partial charge in [0.15, 0.2) is 0 Å². The lowest BCUT2D eigenvalue weighted by molar-refractivity contribution is -0.120. The van der Waals surface area contributed by atoms with Gasteiger partial charge in [0.05, 0.1) is 12.1 Å². The van der Waals surface area contributed by atoms with Gasteiger partial charge in [0.2, 0.25) is 11.2 Å². The topological polar surface area (TPSA) is 66.9 Å². The molecule has 0 fully saturated rings. The number of nitrogens with zero attached hydrogens (tertiary/aromatic N) is 2. The summed E-state index contributed by atoms with van der Waals surface area (Å²) in [6.07, 6.45) is 0. The highest BCUT2D eigenvalue weighted by molar-refractivity contribution is 6.28. The summed E-state index contributed by atoms with van der Waals surface area (Å²) in [4.78, 5) is 20.1. The molecule has 0 aliphatic rings. The molecule has 0 atom stereocenters. The van der Waals surface area contributed by atoms with Crippen molar-refractivity contribution in [1.29, 1.82) is 0 Å². The van der Waals surface area contributed by atoms with Crippen LogP contribution in [0.3, 0.4) is 0 Å². The molecule has 2 aromatic rings. The van der Waals surface area contributed by atoms with Gasteiger partial charge in [-0.2, -0.15) is 0 Å². The molecule has 0 saturated carbocycles. The van der Waals surface area contributed by atoms with E-state index in [1.807, 2.05) is 45.0 Å². The van der Waals surface area contributed by atoms with Gasteiger partial charge in [0.25, 0.3) is 0 Å². The minimum absolute atomic E-state index is 0.101. The van der Waals surface area contributed by atoms with Crippen molar-refractivity contribution >= 4 is 34.2 Å². The van der Waals surface area contributed by atoms with Crippen LogP contribution in [0.15, 0.2) is 24.3 Å². The van der Waals surface area contributed by atoms with E-state index in [2.05, 4.69) is 20.6 Å². The summed E-state index contributed by atoms with van der Waals surface area (Å²) >= 11 is 5.88. The zero-order chi connectivity index (χ0) is 14.8. The summed E-state index contributed by atoms with van der Waals surface area (Å²) in [6, 6.07) is 7.50. The summed E-state index contributed by atoms with van der Waals surface area (Å²) in [5.74, 6) is 0.459. The fraction of sp³-hybridized carbons (Fsp3) is 0.357. The number of benzene rings is 1. The quantitative estimate of drug-likeness (QED) is 0.854. The summed E-state index contributed by atoms with van der Waals surface area (Å²) in [6.45, 7) is 5.93. The van der Waals surface area contributed by atoms with E-state index in [-0.39, 0.29) is 23.3 Å². The summed E-state index contributed by atoms with van der Waals surface area (Å²) in [7, 11) is 0. The number of hydrogen-bond acceptors (Lipinski definition) is 4. The molecular weight excluding hydrogens is 276 g/mol. The third-order valence-electron chi connectivity index (χ3n) is 2.51. The molecule has 0 radical (unpaired) electrons. The molecule has 106 valence electrons. The van der Waals surface area contributed by atoms with E-state index < -0.39 is 0 Å². The molecule has 2 N–H and O–H groups in total. The summed E-state index contributed by atoms with van der Waals surface area (Å²) in [5, 5.41) is 6.87. The smallest absolute Gasteiger partial charge is 0.239 e. The molecule has 1 aromatic heterocycles. The first kappa shape index (κ1) is 14.5. The number of anilines is 1. The monoisotopic (exact) mass is 292 g/mol. The molecule has 0 aliphatic heterocycles. The molecule has 20 heavy (non-hydrogen) atoms. The maximum absolute atomic E-state index is 11.8. The van der Waals surface area contributed by atoms with Crippen molar-refractivity contribution in [3.63, 3.8) is 0 Å². The van der Waals surface area contributed by atoms with Crippen LogP contribution in [-0.4, -0.2) is 28.0 Å². The third-order valence-corrected chi connectivity index (χ3v) is 2.68. The number of carbonyl (C=O) groups excluding carboxylic acids is 1. The lowest BCUT2D eigenvalue weighted by Crippen LogP contribution is -2.43. The Morgan fingerprint density at radius 3 is 2.65 bits per heavy atom. The average molecular weight is 293 g/mol. The first-order chi connectivity index (χ1) is 9.35. The lowest BCUT2D eigenvalue weighted by Gasteiger charge is -2.20. The molecule has 6 heteroatoms. The number of carbonyl (C=O) groups is 1. The van der Waals surface area contributed by atoms with Gasteiger partial charge in [-0.15, -0.1) is 0 Å². The molecule has 0 unspecified atom stereocenters. The zero-order valence-corrected chi connectivity index (χ0v) is 12.5. The molecular formula is C14H17ClN4O. The molecule has 2 rings (SSSR count). The molecule has 1 amide bonds. The van der Waals surface area contributed by atoms with Gasteiger partial charge in [0.1, 0.15) is 5.82 Å². The minimum atomic E-state index is -0.260. The first-order valence-electron chi connectivity index (χ1n) is 6.32. The number of hydrogen-bond donors (Lipinski definition) is 2. The van der Waals surface area contributed by atoms with E-state index in [1.165, 1.54) is 0 Å². The van der Waals surface area contributed by atoms with Gasteiger partial charge in [-0.1, -0.05) is 12.1 Å². The predicted octanol–water partition coefficient (Wildman–Crippen LogP) is 2.61. The number of halogens is 1. The van der Waals surface area contributed by atoms with Crippen molar-refractivity contribution in [2.24, 2.45) is 0 Å². The normalized spacial score (nSPS) is 11.4. The van der Waals surface area contributed by atoms with Crippen molar-refractivity contribution in [2.45, 2.75) is 26.3 Å². The highest BCUT2D eigenvalue weighted by Gasteiger charge is 2.14. The van der Waals surface area contributed by atoms with Gasteiger partial charge in [0, 0.05) is 10.9 Å². The Hall–Kier alpha value is -1.88. The Morgan fingerprint density at radius 2 is 1.95 bits per heavy atom. The number of nitrogens with one attached hydrogen (secondary N) is 2. The second kappa shape index (κ2) is 5.63.